The summed E-state index contributed by atoms with van der Waals surface area (Å²) in [6.07, 6.45) is 68.5. The van der Waals surface area contributed by atoms with E-state index in [1.807, 2.05) is 0 Å². The van der Waals surface area contributed by atoms with E-state index in [-0.39, 0.29) is 18.5 Å². The summed E-state index contributed by atoms with van der Waals surface area (Å²) >= 11 is 0. The van der Waals surface area contributed by atoms with Gasteiger partial charge in [-0.2, -0.15) is 0 Å². The summed E-state index contributed by atoms with van der Waals surface area (Å²) in [5.41, 5.74) is 0. The van der Waals surface area contributed by atoms with Gasteiger partial charge in [-0.3, -0.25) is 9.59 Å². The number of aliphatic hydroxyl groups excluding tert-OH is 2. The smallest absolute Gasteiger partial charge is 0.305 e. The highest BCUT2D eigenvalue weighted by atomic mass is 16.5. The van der Waals surface area contributed by atoms with Crippen LogP contribution in [-0.4, -0.2) is 47.4 Å². The lowest BCUT2D eigenvalue weighted by Gasteiger charge is -2.22. The number of rotatable bonds is 54. The number of unbranched alkanes of at least 4 members (excludes halogenated alkanes) is 37. The van der Waals surface area contributed by atoms with Crippen LogP contribution in [0, 0.1) is 0 Å². The molecule has 0 radical (unpaired) electrons. The average molecular weight is 929 g/mol. The van der Waals surface area contributed by atoms with Gasteiger partial charge in [0.05, 0.1) is 25.4 Å². The lowest BCUT2D eigenvalue weighted by molar-refractivity contribution is -0.143. The molecule has 0 bridgehead atoms. The van der Waals surface area contributed by atoms with Crippen molar-refractivity contribution >= 4 is 11.9 Å². The number of carbonyl (C=O) groups is 2. The molecule has 0 aromatic heterocycles. The van der Waals surface area contributed by atoms with Crippen molar-refractivity contribution in [2.75, 3.05) is 13.2 Å². The van der Waals surface area contributed by atoms with Gasteiger partial charge in [0.15, 0.2) is 0 Å². The lowest BCUT2D eigenvalue weighted by Crippen LogP contribution is -2.45. The predicted molar refractivity (Wildman–Crippen MR) is 287 cm³/mol. The van der Waals surface area contributed by atoms with Crippen LogP contribution < -0.4 is 5.32 Å². The highest BCUT2D eigenvalue weighted by Gasteiger charge is 2.20. The second-order valence-electron chi connectivity index (χ2n) is 20.0. The number of ether oxygens (including phenoxy) is 1. The van der Waals surface area contributed by atoms with E-state index < -0.39 is 12.1 Å². The standard InChI is InChI=1S/C60H113NO5/c1-3-5-7-9-11-13-15-17-19-21-22-23-24-25-26-27-29-32-36-40-44-48-52-58(63)57(56-62)61-59(64)53-49-45-41-37-33-31-35-39-43-47-51-55-66-60(65)54-50-46-42-38-34-30-28-20-18-16-14-12-10-8-6-4-2/h14,16,20,28,35,39,57-58,62-63H,3-13,15,17-19,21-27,29-34,36-38,40-56H2,1-2H3,(H,61,64)/b16-14-,28-20-,39-35-. The van der Waals surface area contributed by atoms with Crippen LogP contribution in [0.15, 0.2) is 36.5 Å². The molecule has 0 aromatic carbocycles. The van der Waals surface area contributed by atoms with Crippen molar-refractivity contribution in [3.63, 3.8) is 0 Å². The Kier molecular flexibility index (Phi) is 54.1. The Balaban J connectivity index is 3.51. The van der Waals surface area contributed by atoms with Crippen molar-refractivity contribution in [1.29, 1.82) is 0 Å². The molecule has 6 heteroatoms. The fourth-order valence-electron chi connectivity index (χ4n) is 8.90. The van der Waals surface area contributed by atoms with Crippen LogP contribution in [0.3, 0.4) is 0 Å². The molecule has 0 heterocycles. The van der Waals surface area contributed by atoms with Crippen molar-refractivity contribution in [2.24, 2.45) is 0 Å². The van der Waals surface area contributed by atoms with Gasteiger partial charge in [0.1, 0.15) is 0 Å². The van der Waals surface area contributed by atoms with E-state index in [0.29, 0.717) is 25.9 Å². The summed E-state index contributed by atoms with van der Waals surface area (Å²) in [6.45, 7) is 4.87. The third-order valence-corrected chi connectivity index (χ3v) is 13.4. The minimum absolute atomic E-state index is 0.0441. The van der Waals surface area contributed by atoms with Crippen LogP contribution in [0.5, 0.6) is 0 Å². The van der Waals surface area contributed by atoms with Crippen LogP contribution in [0.4, 0.5) is 0 Å². The molecule has 6 nitrogen and oxygen atoms in total. The summed E-state index contributed by atoms with van der Waals surface area (Å²) in [7, 11) is 0. The Morgan fingerprint density at radius 3 is 1.18 bits per heavy atom. The van der Waals surface area contributed by atoms with Crippen molar-refractivity contribution in [2.45, 2.75) is 321 Å². The van der Waals surface area contributed by atoms with Crippen LogP contribution in [0.1, 0.15) is 309 Å². The van der Waals surface area contributed by atoms with Gasteiger partial charge in [-0.1, -0.05) is 249 Å². The maximum absolute atomic E-state index is 12.5. The zero-order valence-corrected chi connectivity index (χ0v) is 44.2. The Morgan fingerprint density at radius 1 is 0.424 bits per heavy atom. The third kappa shape index (κ3) is 51.5. The van der Waals surface area contributed by atoms with Crippen LogP contribution in [0.25, 0.3) is 0 Å². The van der Waals surface area contributed by atoms with E-state index in [1.54, 1.807) is 0 Å². The highest BCUT2D eigenvalue weighted by Crippen LogP contribution is 2.17. The number of hydrogen-bond donors (Lipinski definition) is 3. The molecule has 0 rings (SSSR count). The fourth-order valence-corrected chi connectivity index (χ4v) is 8.90. The molecule has 388 valence electrons. The summed E-state index contributed by atoms with van der Waals surface area (Å²) in [5.74, 6) is -0.107. The number of amides is 1. The number of nitrogens with one attached hydrogen (secondary N) is 1. The van der Waals surface area contributed by atoms with Crippen molar-refractivity contribution in [3.8, 4) is 0 Å². The Hall–Kier alpha value is -1.92. The molecule has 2 atom stereocenters. The summed E-state index contributed by atoms with van der Waals surface area (Å²) in [4.78, 5) is 24.5. The first kappa shape index (κ1) is 64.1. The summed E-state index contributed by atoms with van der Waals surface area (Å²) in [6, 6.07) is -0.565. The first-order valence-electron chi connectivity index (χ1n) is 29.2. The van der Waals surface area contributed by atoms with E-state index in [4.69, 9.17) is 4.74 Å². The number of esters is 1. The van der Waals surface area contributed by atoms with E-state index in [2.05, 4.69) is 55.6 Å². The first-order valence-corrected chi connectivity index (χ1v) is 29.2. The van der Waals surface area contributed by atoms with Gasteiger partial charge < -0.3 is 20.3 Å². The molecule has 0 saturated heterocycles. The van der Waals surface area contributed by atoms with E-state index >= 15 is 0 Å². The normalized spacial score (nSPS) is 12.8. The molecule has 0 aliphatic heterocycles. The molecule has 0 fully saturated rings. The SMILES string of the molecule is CCCCCC/C=C\C/C=C\CCCCCCCC(=O)OCCCC/C=C\CCCCCCCC(=O)NC(CO)C(O)CCCCCCCCCCCCCCCCCCCCCCCC. The van der Waals surface area contributed by atoms with E-state index in [1.165, 1.54) is 180 Å². The van der Waals surface area contributed by atoms with Gasteiger partial charge in [-0.25, -0.2) is 0 Å². The molecule has 0 aliphatic rings. The largest absolute Gasteiger partial charge is 0.466 e. The fraction of sp³-hybridized carbons (Fsp3) is 0.867. The van der Waals surface area contributed by atoms with Crippen molar-refractivity contribution in [3.05, 3.63) is 36.5 Å². The Labute approximate surface area is 411 Å². The van der Waals surface area contributed by atoms with Crippen LogP contribution in [-0.2, 0) is 14.3 Å². The predicted octanol–water partition coefficient (Wildman–Crippen LogP) is 18.0. The third-order valence-electron chi connectivity index (χ3n) is 13.4. The Morgan fingerprint density at radius 2 is 0.758 bits per heavy atom. The number of allylic oxidation sites excluding steroid dienone is 6. The van der Waals surface area contributed by atoms with Crippen LogP contribution in [0.2, 0.25) is 0 Å². The van der Waals surface area contributed by atoms with Crippen LogP contribution >= 0.6 is 0 Å². The molecular weight excluding hydrogens is 815 g/mol. The molecule has 3 N–H and O–H groups in total. The minimum Gasteiger partial charge on any atom is -0.466 e. The average Bonchev–Trinajstić information content (AvgIpc) is 3.32. The zero-order valence-electron chi connectivity index (χ0n) is 44.2. The van der Waals surface area contributed by atoms with Crippen molar-refractivity contribution < 1.29 is 24.5 Å². The first-order chi connectivity index (χ1) is 32.5. The molecule has 66 heavy (non-hydrogen) atoms. The monoisotopic (exact) mass is 928 g/mol. The number of hydrogen-bond acceptors (Lipinski definition) is 5. The lowest BCUT2D eigenvalue weighted by atomic mass is 10.0. The van der Waals surface area contributed by atoms with Gasteiger partial charge in [0.2, 0.25) is 5.91 Å². The molecule has 2 unspecified atom stereocenters. The molecule has 0 spiro atoms. The molecule has 0 aromatic rings. The topological polar surface area (TPSA) is 95.9 Å². The molecule has 1 amide bonds. The highest BCUT2D eigenvalue weighted by molar-refractivity contribution is 5.76. The van der Waals surface area contributed by atoms with E-state index in [9.17, 15) is 19.8 Å². The minimum atomic E-state index is -0.685. The second-order valence-corrected chi connectivity index (χ2v) is 20.0. The van der Waals surface area contributed by atoms with Gasteiger partial charge in [0.25, 0.3) is 0 Å². The number of aliphatic hydroxyl groups is 2. The quantitative estimate of drug-likeness (QED) is 0.0321. The second kappa shape index (κ2) is 55.7. The molecule has 0 saturated carbocycles. The summed E-state index contributed by atoms with van der Waals surface area (Å²) < 4.78 is 5.44. The maximum Gasteiger partial charge on any atom is 0.305 e. The Bertz CT molecular complexity index is 1070. The van der Waals surface area contributed by atoms with Crippen molar-refractivity contribution in [1.82, 2.24) is 5.32 Å². The van der Waals surface area contributed by atoms with Gasteiger partial charge in [-0.05, 0) is 83.5 Å². The molecule has 0 aliphatic carbocycles. The number of carbonyl (C=O) groups excluding carboxylic acids is 2. The van der Waals surface area contributed by atoms with Gasteiger partial charge in [-0.15, -0.1) is 0 Å². The summed E-state index contributed by atoms with van der Waals surface area (Å²) in [5, 5.41) is 23.3. The maximum atomic E-state index is 12.5. The zero-order chi connectivity index (χ0) is 47.9. The van der Waals surface area contributed by atoms with E-state index in [0.717, 1.165) is 96.3 Å². The molecular formula is C60H113NO5. The van der Waals surface area contributed by atoms with Gasteiger partial charge in [0, 0.05) is 12.8 Å². The van der Waals surface area contributed by atoms with Gasteiger partial charge >= 0.3 is 5.97 Å².